The van der Waals surface area contributed by atoms with E-state index in [1.165, 1.54) is 5.69 Å². The van der Waals surface area contributed by atoms with Crippen molar-refractivity contribution in [3.63, 3.8) is 0 Å². The molecule has 5 nitrogen and oxygen atoms in total. The molecule has 0 aromatic heterocycles. The number of anilines is 1. The van der Waals surface area contributed by atoms with Crippen molar-refractivity contribution in [2.75, 3.05) is 30.9 Å². The van der Waals surface area contributed by atoms with Crippen molar-refractivity contribution in [3.8, 4) is 5.75 Å². The van der Waals surface area contributed by atoms with Crippen molar-refractivity contribution in [1.29, 1.82) is 0 Å². The summed E-state index contributed by atoms with van der Waals surface area (Å²) in [5.41, 5.74) is 5.88. The van der Waals surface area contributed by atoms with Crippen molar-refractivity contribution < 1.29 is 9.53 Å². The van der Waals surface area contributed by atoms with Crippen molar-refractivity contribution in [1.82, 2.24) is 5.43 Å². The first-order valence-corrected chi connectivity index (χ1v) is 10.2. The largest absolute Gasteiger partial charge is 0.497 e. The molecule has 1 amide bonds. The SMILES string of the molecule is CCN(CC)c1ccc(/C=N\NC(=O)CSCc2ccc(OC)cc2)cc1. The maximum Gasteiger partial charge on any atom is 0.250 e. The third-order valence-corrected chi connectivity index (χ3v) is 5.09. The molecule has 0 spiro atoms. The monoisotopic (exact) mass is 385 g/mol. The summed E-state index contributed by atoms with van der Waals surface area (Å²) in [4.78, 5) is 14.2. The number of nitrogens with zero attached hydrogens (tertiary/aromatic N) is 2. The summed E-state index contributed by atoms with van der Waals surface area (Å²) in [6.07, 6.45) is 1.66. The first-order valence-electron chi connectivity index (χ1n) is 9.03. The summed E-state index contributed by atoms with van der Waals surface area (Å²) in [6, 6.07) is 16.0. The Morgan fingerprint density at radius 3 is 2.37 bits per heavy atom. The lowest BCUT2D eigenvalue weighted by atomic mass is 10.2. The maximum atomic E-state index is 11.9. The van der Waals surface area contributed by atoms with Crippen LogP contribution in [-0.2, 0) is 10.5 Å². The molecule has 0 fully saturated rings. The normalized spacial score (nSPS) is 10.8. The van der Waals surface area contributed by atoms with E-state index < -0.39 is 0 Å². The number of hydrogen-bond acceptors (Lipinski definition) is 5. The van der Waals surface area contributed by atoms with Gasteiger partial charge in [0.25, 0.3) is 0 Å². The van der Waals surface area contributed by atoms with E-state index in [2.05, 4.69) is 41.4 Å². The zero-order valence-corrected chi connectivity index (χ0v) is 17.0. The third-order valence-electron chi connectivity index (χ3n) is 4.09. The molecular formula is C21H27N3O2S. The number of ether oxygens (including phenoxy) is 1. The van der Waals surface area contributed by atoms with Crippen LogP contribution in [0.2, 0.25) is 0 Å². The van der Waals surface area contributed by atoms with Crippen molar-refractivity contribution in [2.45, 2.75) is 19.6 Å². The van der Waals surface area contributed by atoms with Gasteiger partial charge < -0.3 is 9.64 Å². The van der Waals surface area contributed by atoms with Crippen molar-refractivity contribution in [3.05, 3.63) is 59.7 Å². The van der Waals surface area contributed by atoms with Crippen molar-refractivity contribution >= 4 is 29.6 Å². The first-order chi connectivity index (χ1) is 13.2. The van der Waals surface area contributed by atoms with E-state index in [-0.39, 0.29) is 5.91 Å². The van der Waals surface area contributed by atoms with Crippen LogP contribution in [0.15, 0.2) is 53.6 Å². The Bertz CT molecular complexity index is 726. The fourth-order valence-corrected chi connectivity index (χ4v) is 3.33. The van der Waals surface area contributed by atoms with Crippen LogP contribution in [0.5, 0.6) is 5.75 Å². The number of carbonyl (C=O) groups is 1. The minimum absolute atomic E-state index is 0.107. The van der Waals surface area contributed by atoms with Crippen LogP contribution in [0, 0.1) is 0 Å². The Hall–Kier alpha value is -2.47. The fraction of sp³-hybridized carbons (Fsp3) is 0.333. The molecule has 0 aliphatic carbocycles. The zero-order chi connectivity index (χ0) is 19.5. The number of nitrogens with one attached hydrogen (secondary N) is 1. The Balaban J connectivity index is 1.72. The van der Waals surface area contributed by atoms with Gasteiger partial charge in [-0.3, -0.25) is 4.79 Å². The molecule has 0 heterocycles. The predicted octanol–water partition coefficient (Wildman–Crippen LogP) is 3.92. The molecular weight excluding hydrogens is 358 g/mol. The molecule has 0 radical (unpaired) electrons. The predicted molar refractivity (Wildman–Crippen MR) is 115 cm³/mol. The Morgan fingerprint density at radius 2 is 1.78 bits per heavy atom. The second-order valence-electron chi connectivity index (χ2n) is 5.90. The summed E-state index contributed by atoms with van der Waals surface area (Å²) in [5, 5.41) is 4.04. The van der Waals surface area contributed by atoms with Crippen LogP contribution < -0.4 is 15.1 Å². The van der Waals surface area contributed by atoms with Gasteiger partial charge >= 0.3 is 0 Å². The zero-order valence-electron chi connectivity index (χ0n) is 16.1. The number of amides is 1. The highest BCUT2D eigenvalue weighted by Crippen LogP contribution is 2.16. The highest BCUT2D eigenvalue weighted by atomic mass is 32.2. The second-order valence-corrected chi connectivity index (χ2v) is 6.88. The average Bonchev–Trinajstić information content (AvgIpc) is 2.70. The van der Waals surface area contributed by atoms with Gasteiger partial charge in [0.05, 0.1) is 19.1 Å². The summed E-state index contributed by atoms with van der Waals surface area (Å²) in [6.45, 7) is 6.24. The second kappa shape index (κ2) is 11.3. The fourth-order valence-electron chi connectivity index (χ4n) is 2.55. The molecule has 0 unspecified atom stereocenters. The van der Waals surface area contributed by atoms with Gasteiger partial charge in [0, 0.05) is 24.5 Å². The van der Waals surface area contributed by atoms with Crippen LogP contribution in [0.25, 0.3) is 0 Å². The molecule has 0 bridgehead atoms. The van der Waals surface area contributed by atoms with E-state index in [0.717, 1.165) is 35.7 Å². The van der Waals surface area contributed by atoms with Crippen molar-refractivity contribution in [2.24, 2.45) is 5.10 Å². The van der Waals surface area contributed by atoms with E-state index in [9.17, 15) is 4.79 Å². The van der Waals surface area contributed by atoms with Gasteiger partial charge in [0.1, 0.15) is 5.75 Å². The molecule has 27 heavy (non-hydrogen) atoms. The van der Waals surface area contributed by atoms with Gasteiger partial charge in [-0.05, 0) is 49.2 Å². The number of carbonyl (C=O) groups excluding carboxylic acids is 1. The quantitative estimate of drug-likeness (QED) is 0.497. The van der Waals surface area contributed by atoms with Crippen LogP contribution in [-0.4, -0.2) is 38.1 Å². The Labute approximate surface area is 165 Å². The summed E-state index contributed by atoms with van der Waals surface area (Å²) in [5.74, 6) is 1.86. The van der Waals surface area contributed by atoms with E-state index in [0.29, 0.717) is 5.75 Å². The maximum absolute atomic E-state index is 11.9. The molecule has 0 saturated heterocycles. The van der Waals surface area contributed by atoms with Gasteiger partial charge in [0.15, 0.2) is 0 Å². The third kappa shape index (κ3) is 6.98. The molecule has 0 aliphatic rings. The topological polar surface area (TPSA) is 53.9 Å². The summed E-state index contributed by atoms with van der Waals surface area (Å²) in [7, 11) is 1.65. The summed E-state index contributed by atoms with van der Waals surface area (Å²) < 4.78 is 5.13. The molecule has 2 rings (SSSR count). The minimum atomic E-state index is -0.107. The number of methoxy groups -OCH3 is 1. The average molecular weight is 386 g/mol. The lowest BCUT2D eigenvalue weighted by Gasteiger charge is -2.20. The van der Waals surface area contributed by atoms with Gasteiger partial charge in [-0.1, -0.05) is 24.3 Å². The lowest BCUT2D eigenvalue weighted by molar-refractivity contribution is -0.118. The Kier molecular flexibility index (Phi) is 8.71. The van der Waals surface area contributed by atoms with Gasteiger partial charge in [-0.2, -0.15) is 5.10 Å². The van der Waals surface area contributed by atoms with Crippen LogP contribution >= 0.6 is 11.8 Å². The minimum Gasteiger partial charge on any atom is -0.497 e. The molecule has 1 N–H and O–H groups in total. The van der Waals surface area contributed by atoms with Crippen LogP contribution in [0.1, 0.15) is 25.0 Å². The van der Waals surface area contributed by atoms with Crippen LogP contribution in [0.4, 0.5) is 5.69 Å². The number of benzene rings is 2. The first kappa shape index (κ1) is 20.8. The number of hydrazone groups is 1. The standard InChI is InChI=1S/C21H27N3O2S/c1-4-24(5-2)19-10-6-17(7-11-19)14-22-23-21(25)16-27-15-18-8-12-20(26-3)13-9-18/h6-14H,4-5,15-16H2,1-3H3,(H,23,25)/b22-14-. The molecule has 0 saturated carbocycles. The van der Waals surface area contributed by atoms with Gasteiger partial charge in [-0.15, -0.1) is 11.8 Å². The van der Waals surface area contributed by atoms with Gasteiger partial charge in [-0.25, -0.2) is 5.43 Å². The van der Waals surface area contributed by atoms with Gasteiger partial charge in [0.2, 0.25) is 5.91 Å². The van der Waals surface area contributed by atoms with Crippen LogP contribution in [0.3, 0.4) is 0 Å². The molecule has 2 aromatic carbocycles. The molecule has 6 heteroatoms. The van der Waals surface area contributed by atoms with E-state index in [1.54, 1.807) is 25.1 Å². The van der Waals surface area contributed by atoms with E-state index >= 15 is 0 Å². The highest BCUT2D eigenvalue weighted by molar-refractivity contribution is 7.99. The lowest BCUT2D eigenvalue weighted by Crippen LogP contribution is -2.21. The Morgan fingerprint density at radius 1 is 1.11 bits per heavy atom. The highest BCUT2D eigenvalue weighted by Gasteiger charge is 2.02. The molecule has 0 aliphatic heterocycles. The molecule has 144 valence electrons. The summed E-state index contributed by atoms with van der Waals surface area (Å²) >= 11 is 1.55. The smallest absolute Gasteiger partial charge is 0.250 e. The molecule has 2 aromatic rings. The van der Waals surface area contributed by atoms with E-state index in [4.69, 9.17) is 4.74 Å². The number of thioether (sulfide) groups is 1. The number of rotatable bonds is 10. The van der Waals surface area contributed by atoms with E-state index in [1.807, 2.05) is 36.4 Å². The number of hydrogen-bond donors (Lipinski definition) is 1. The molecule has 0 atom stereocenters.